The fourth-order valence-electron chi connectivity index (χ4n) is 3.94. The number of hydrogen-bond donors (Lipinski definition) is 1. The summed E-state index contributed by atoms with van der Waals surface area (Å²) >= 11 is 0. The average Bonchev–Trinajstić information content (AvgIpc) is 2.78. The number of anilines is 2. The van der Waals surface area contributed by atoms with Crippen LogP contribution >= 0.6 is 0 Å². The lowest BCUT2D eigenvalue weighted by Gasteiger charge is -2.40. The Morgan fingerprint density at radius 2 is 1.76 bits per heavy atom. The van der Waals surface area contributed by atoms with E-state index in [2.05, 4.69) is 45.1 Å². The van der Waals surface area contributed by atoms with Crippen LogP contribution in [0.25, 0.3) is 10.9 Å². The molecule has 1 saturated heterocycles. The Hall–Kier alpha value is -3.19. The molecule has 0 unspecified atom stereocenters. The van der Waals surface area contributed by atoms with Gasteiger partial charge in [-0.2, -0.15) is 21.6 Å². The van der Waals surface area contributed by atoms with Gasteiger partial charge in [0.1, 0.15) is 11.9 Å². The van der Waals surface area contributed by atoms with Gasteiger partial charge in [0.25, 0.3) is 0 Å². The lowest BCUT2D eigenvalue weighted by molar-refractivity contribution is -0.0501. The highest BCUT2D eigenvalue weighted by Crippen LogP contribution is 2.38. The third-order valence-corrected chi connectivity index (χ3v) is 6.86. The fourth-order valence-corrected chi connectivity index (χ4v) is 4.40. The van der Waals surface area contributed by atoms with Gasteiger partial charge >= 0.3 is 15.6 Å². The number of rotatable bonds is 6. The molecule has 0 amide bonds. The number of ether oxygens (including phenoxy) is 1. The predicted octanol–water partition coefficient (Wildman–Crippen LogP) is 5.38. The molecule has 1 aliphatic rings. The first-order valence-corrected chi connectivity index (χ1v) is 12.9. The van der Waals surface area contributed by atoms with Gasteiger partial charge in [0.15, 0.2) is 11.5 Å². The van der Waals surface area contributed by atoms with Crippen molar-refractivity contribution in [3.63, 3.8) is 0 Å². The smallest absolute Gasteiger partial charge is 0.486 e. The summed E-state index contributed by atoms with van der Waals surface area (Å²) in [7, 11) is -5.94. The maximum Gasteiger partial charge on any atom is 0.534 e. The van der Waals surface area contributed by atoms with Crippen LogP contribution in [0.1, 0.15) is 33.6 Å². The molecule has 1 aromatic heterocycles. The molecule has 0 aliphatic carbocycles. The van der Waals surface area contributed by atoms with Crippen molar-refractivity contribution in [2.24, 2.45) is 0 Å². The second-order valence-electron chi connectivity index (χ2n) is 9.64. The molecule has 0 bridgehead atoms. The summed E-state index contributed by atoms with van der Waals surface area (Å²) in [6.45, 7) is 7.65. The van der Waals surface area contributed by atoms with Gasteiger partial charge in [0.2, 0.25) is 5.95 Å². The highest BCUT2D eigenvalue weighted by atomic mass is 32.2. The Labute approximate surface area is 211 Å². The van der Waals surface area contributed by atoms with E-state index in [1.807, 2.05) is 0 Å². The van der Waals surface area contributed by atoms with Crippen molar-refractivity contribution in [1.82, 2.24) is 14.9 Å². The summed E-state index contributed by atoms with van der Waals surface area (Å²) in [4.78, 5) is 10.7. The monoisotopic (exact) mass is 542 g/mol. The SMILES string of the molecule is CC(C)(C)N1CCC(Oc2cc3nc(Nc4cccc(F)c4)ncc3cc2OS(=O)(=O)C(F)(F)F)CC1. The molecule has 0 saturated carbocycles. The van der Waals surface area contributed by atoms with Crippen LogP contribution in [-0.2, 0) is 10.1 Å². The van der Waals surface area contributed by atoms with Gasteiger partial charge in [0, 0.05) is 42.0 Å². The van der Waals surface area contributed by atoms with Gasteiger partial charge in [-0.05, 0) is 57.9 Å². The van der Waals surface area contributed by atoms with Crippen LogP contribution in [0.2, 0.25) is 0 Å². The zero-order valence-corrected chi connectivity index (χ0v) is 21.2. The van der Waals surface area contributed by atoms with E-state index in [-0.39, 0.29) is 34.2 Å². The normalized spacial score (nSPS) is 16.1. The number of nitrogens with one attached hydrogen (secondary N) is 1. The Balaban J connectivity index is 1.66. The van der Waals surface area contributed by atoms with Gasteiger partial charge in [-0.25, -0.2) is 14.4 Å². The molecule has 1 N–H and O–H groups in total. The van der Waals surface area contributed by atoms with Crippen molar-refractivity contribution in [3.8, 4) is 11.5 Å². The molecule has 0 spiro atoms. The standard InChI is InChI=1S/C24H26F4N4O4S/c1-23(2,3)32-9-7-18(8-10-32)35-20-13-19-15(11-21(20)36-37(33,34)24(26,27)28)14-29-22(31-19)30-17-6-4-5-16(25)12-17/h4-6,11-14,18H,7-10H2,1-3H3,(H,29,30,31). The maximum atomic E-state index is 13.5. The van der Waals surface area contributed by atoms with E-state index >= 15 is 0 Å². The summed E-state index contributed by atoms with van der Waals surface area (Å²) in [5, 5.41) is 3.06. The minimum Gasteiger partial charge on any atom is -0.486 e. The van der Waals surface area contributed by atoms with Gasteiger partial charge in [0.05, 0.1) is 5.52 Å². The van der Waals surface area contributed by atoms with Crippen molar-refractivity contribution in [3.05, 3.63) is 48.4 Å². The number of fused-ring (bicyclic) bond motifs is 1. The topological polar surface area (TPSA) is 93.7 Å². The van der Waals surface area contributed by atoms with Crippen LogP contribution in [-0.4, -0.2) is 53.5 Å². The number of piperidine rings is 1. The lowest BCUT2D eigenvalue weighted by Crippen LogP contribution is -2.48. The van der Waals surface area contributed by atoms with Crippen LogP contribution in [0.4, 0.5) is 29.2 Å². The zero-order chi connectivity index (χ0) is 27.0. The number of aromatic nitrogens is 2. The van der Waals surface area contributed by atoms with Crippen LogP contribution in [0, 0.1) is 5.82 Å². The highest BCUT2D eigenvalue weighted by molar-refractivity contribution is 7.88. The molecular weight excluding hydrogens is 516 g/mol. The third-order valence-electron chi connectivity index (χ3n) is 5.89. The van der Waals surface area contributed by atoms with E-state index in [9.17, 15) is 26.0 Å². The molecular formula is C24H26F4N4O4S. The van der Waals surface area contributed by atoms with E-state index in [4.69, 9.17) is 4.74 Å². The molecule has 1 fully saturated rings. The van der Waals surface area contributed by atoms with Gasteiger partial charge < -0.3 is 14.2 Å². The molecule has 3 aromatic rings. The van der Waals surface area contributed by atoms with Gasteiger partial charge in [-0.3, -0.25) is 4.90 Å². The fraction of sp³-hybridized carbons (Fsp3) is 0.417. The first kappa shape index (κ1) is 26.9. The van der Waals surface area contributed by atoms with E-state index in [0.717, 1.165) is 6.07 Å². The summed E-state index contributed by atoms with van der Waals surface area (Å²) < 4.78 is 86.6. The Kier molecular flexibility index (Phi) is 7.21. The molecule has 0 atom stereocenters. The maximum absolute atomic E-state index is 13.5. The Morgan fingerprint density at radius 1 is 1.05 bits per heavy atom. The van der Waals surface area contributed by atoms with Crippen LogP contribution in [0.3, 0.4) is 0 Å². The van der Waals surface area contributed by atoms with Crippen molar-refractivity contribution in [1.29, 1.82) is 0 Å². The molecule has 0 radical (unpaired) electrons. The largest absolute Gasteiger partial charge is 0.534 e. The molecule has 4 rings (SSSR count). The number of benzene rings is 2. The molecule has 8 nitrogen and oxygen atoms in total. The highest BCUT2D eigenvalue weighted by Gasteiger charge is 2.49. The van der Waals surface area contributed by atoms with Crippen LogP contribution in [0.5, 0.6) is 11.5 Å². The molecule has 200 valence electrons. The van der Waals surface area contributed by atoms with E-state index in [1.165, 1.54) is 30.5 Å². The molecule has 2 heterocycles. The molecule has 1 aliphatic heterocycles. The third kappa shape index (κ3) is 6.39. The second kappa shape index (κ2) is 9.93. The van der Waals surface area contributed by atoms with Crippen molar-refractivity contribution in [2.45, 2.75) is 50.8 Å². The van der Waals surface area contributed by atoms with Crippen LogP contribution in [0.15, 0.2) is 42.6 Å². The van der Waals surface area contributed by atoms with E-state index < -0.39 is 27.2 Å². The quantitative estimate of drug-likeness (QED) is 0.252. The van der Waals surface area contributed by atoms with E-state index in [1.54, 1.807) is 6.07 Å². The van der Waals surface area contributed by atoms with E-state index in [0.29, 0.717) is 31.6 Å². The number of alkyl halides is 3. The first-order chi connectivity index (χ1) is 17.2. The number of halogens is 4. The van der Waals surface area contributed by atoms with Crippen molar-refractivity contribution in [2.75, 3.05) is 18.4 Å². The zero-order valence-electron chi connectivity index (χ0n) is 20.3. The van der Waals surface area contributed by atoms with Crippen molar-refractivity contribution < 1.29 is 34.9 Å². The summed E-state index contributed by atoms with van der Waals surface area (Å²) in [5.41, 5.74) is -5.03. The number of nitrogens with zero attached hydrogens (tertiary/aromatic N) is 3. The Bertz CT molecular complexity index is 1390. The summed E-state index contributed by atoms with van der Waals surface area (Å²) in [6.07, 6.45) is 2.06. The summed E-state index contributed by atoms with van der Waals surface area (Å²) in [5.74, 6) is -1.17. The number of hydrogen-bond acceptors (Lipinski definition) is 8. The molecule has 37 heavy (non-hydrogen) atoms. The van der Waals surface area contributed by atoms with Crippen LogP contribution < -0.4 is 14.2 Å². The first-order valence-electron chi connectivity index (χ1n) is 11.5. The predicted molar refractivity (Wildman–Crippen MR) is 130 cm³/mol. The minimum atomic E-state index is -5.94. The number of likely N-dealkylation sites (tertiary alicyclic amines) is 1. The second-order valence-corrected chi connectivity index (χ2v) is 11.2. The molecule has 13 heteroatoms. The lowest BCUT2D eigenvalue weighted by atomic mass is 9.99. The summed E-state index contributed by atoms with van der Waals surface area (Å²) in [6, 6.07) is 8.02. The van der Waals surface area contributed by atoms with Crippen molar-refractivity contribution >= 4 is 32.7 Å². The minimum absolute atomic E-state index is 0.0506. The molecule has 2 aromatic carbocycles. The van der Waals surface area contributed by atoms with Gasteiger partial charge in [-0.1, -0.05) is 6.07 Å². The Morgan fingerprint density at radius 3 is 2.38 bits per heavy atom. The van der Waals surface area contributed by atoms with Gasteiger partial charge in [-0.15, -0.1) is 0 Å². The average molecular weight is 543 g/mol.